The quantitative estimate of drug-likeness (QED) is 0.747. The van der Waals surface area contributed by atoms with Gasteiger partial charge in [-0.3, -0.25) is 9.48 Å². The topological polar surface area (TPSA) is 53.7 Å². The number of nitrogens with zero attached hydrogens (tertiary/aromatic N) is 5. The Morgan fingerprint density at radius 2 is 1.83 bits per heavy atom. The molecule has 2 aliphatic rings. The van der Waals surface area contributed by atoms with Crippen molar-refractivity contribution < 1.29 is 4.79 Å². The SMILES string of the molecule is CC1=NN(c2ccccc2)[C@@]2(c3c(C)nn(C)c3C(=O)N2C)[C@H]1Cl. The zero-order valence-electron chi connectivity index (χ0n) is 14.0. The number of amides is 1. The summed E-state index contributed by atoms with van der Waals surface area (Å²) in [6.45, 7) is 3.80. The molecule has 2 atom stereocenters. The van der Waals surface area contributed by atoms with Crippen LogP contribution >= 0.6 is 11.6 Å². The Labute approximate surface area is 145 Å². The molecule has 0 radical (unpaired) electrons. The van der Waals surface area contributed by atoms with Crippen LogP contribution in [0.25, 0.3) is 0 Å². The first-order chi connectivity index (χ1) is 11.4. The summed E-state index contributed by atoms with van der Waals surface area (Å²) in [5.41, 5.74) is 2.97. The van der Waals surface area contributed by atoms with Crippen molar-refractivity contribution in [3.8, 4) is 0 Å². The molecule has 0 fully saturated rings. The minimum Gasteiger partial charge on any atom is -0.310 e. The van der Waals surface area contributed by atoms with E-state index < -0.39 is 11.0 Å². The monoisotopic (exact) mass is 343 g/mol. The fourth-order valence-electron chi connectivity index (χ4n) is 3.88. The van der Waals surface area contributed by atoms with E-state index in [0.717, 1.165) is 22.7 Å². The van der Waals surface area contributed by atoms with E-state index in [1.54, 1.807) is 23.7 Å². The number of anilines is 1. The van der Waals surface area contributed by atoms with Crippen LogP contribution < -0.4 is 5.01 Å². The van der Waals surface area contributed by atoms with E-state index in [0.29, 0.717) is 5.69 Å². The smallest absolute Gasteiger partial charge is 0.274 e. The van der Waals surface area contributed by atoms with Crippen LogP contribution in [0, 0.1) is 6.92 Å². The average molecular weight is 344 g/mol. The molecule has 0 saturated heterocycles. The van der Waals surface area contributed by atoms with Gasteiger partial charge in [0.05, 0.1) is 22.7 Å². The van der Waals surface area contributed by atoms with Gasteiger partial charge >= 0.3 is 0 Å². The van der Waals surface area contributed by atoms with Gasteiger partial charge in [0, 0.05) is 14.1 Å². The number of aryl methyl sites for hydroxylation is 2. The highest BCUT2D eigenvalue weighted by Gasteiger charge is 2.63. The molecule has 0 aliphatic carbocycles. The zero-order chi connectivity index (χ0) is 17.2. The van der Waals surface area contributed by atoms with Gasteiger partial charge in [-0.1, -0.05) is 18.2 Å². The summed E-state index contributed by atoms with van der Waals surface area (Å²) in [5, 5.41) is 10.6. The van der Waals surface area contributed by atoms with Crippen LogP contribution in [0.5, 0.6) is 0 Å². The van der Waals surface area contributed by atoms with Crippen molar-refractivity contribution in [2.75, 3.05) is 12.1 Å². The molecule has 4 rings (SSSR count). The molecule has 24 heavy (non-hydrogen) atoms. The Kier molecular flexibility index (Phi) is 3.06. The van der Waals surface area contributed by atoms with Gasteiger partial charge in [0.2, 0.25) is 0 Å². The molecule has 3 heterocycles. The van der Waals surface area contributed by atoms with Crippen LogP contribution in [-0.4, -0.2) is 38.7 Å². The van der Waals surface area contributed by atoms with Crippen molar-refractivity contribution in [1.29, 1.82) is 0 Å². The van der Waals surface area contributed by atoms with Crippen LogP contribution in [0.4, 0.5) is 5.69 Å². The molecule has 0 N–H and O–H groups in total. The molecule has 0 bridgehead atoms. The van der Waals surface area contributed by atoms with E-state index >= 15 is 0 Å². The molecule has 0 saturated carbocycles. The summed E-state index contributed by atoms with van der Waals surface area (Å²) >= 11 is 6.84. The number of hydrogen-bond acceptors (Lipinski definition) is 4. The second-order valence-corrected chi connectivity index (χ2v) is 6.71. The number of hydrogen-bond donors (Lipinski definition) is 0. The highest BCUT2D eigenvalue weighted by Crippen LogP contribution is 2.51. The van der Waals surface area contributed by atoms with Crippen molar-refractivity contribution in [3.63, 3.8) is 0 Å². The molecule has 124 valence electrons. The number of carbonyl (C=O) groups is 1. The molecule has 2 aromatic rings. The number of fused-ring (bicyclic) bond motifs is 2. The maximum absolute atomic E-state index is 12.9. The second kappa shape index (κ2) is 4.83. The van der Waals surface area contributed by atoms with Gasteiger partial charge < -0.3 is 4.90 Å². The van der Waals surface area contributed by atoms with Gasteiger partial charge in [-0.2, -0.15) is 10.2 Å². The molecule has 0 unspecified atom stereocenters. The number of para-hydroxylation sites is 1. The normalized spacial score (nSPS) is 25.6. The highest BCUT2D eigenvalue weighted by atomic mass is 35.5. The fraction of sp³-hybridized carbons (Fsp3) is 0.353. The average Bonchev–Trinajstić information content (AvgIpc) is 3.10. The lowest BCUT2D eigenvalue weighted by molar-refractivity contribution is 0.0643. The number of carbonyl (C=O) groups excluding carboxylic acids is 1. The van der Waals surface area contributed by atoms with Crippen molar-refractivity contribution in [1.82, 2.24) is 14.7 Å². The third-order valence-electron chi connectivity index (χ3n) is 4.91. The third kappa shape index (κ3) is 1.59. The summed E-state index contributed by atoms with van der Waals surface area (Å²) < 4.78 is 1.64. The second-order valence-electron chi connectivity index (χ2n) is 6.27. The van der Waals surface area contributed by atoms with Crippen molar-refractivity contribution in [3.05, 3.63) is 47.3 Å². The van der Waals surface area contributed by atoms with E-state index in [9.17, 15) is 4.79 Å². The fourth-order valence-corrected chi connectivity index (χ4v) is 4.27. The predicted octanol–water partition coefficient (Wildman–Crippen LogP) is 2.47. The highest BCUT2D eigenvalue weighted by molar-refractivity contribution is 6.34. The molecular weight excluding hydrogens is 326 g/mol. The standard InChI is InChI=1S/C17H18ClN5O/c1-10-13-14(22(4)19-10)16(24)21(3)17(13)15(18)11(2)20-23(17)12-8-6-5-7-9-12/h5-9,15H,1-4H3/t15-,17-/m0/s1. The summed E-state index contributed by atoms with van der Waals surface area (Å²) in [4.78, 5) is 14.6. The van der Waals surface area contributed by atoms with Crippen molar-refractivity contribution in [2.24, 2.45) is 12.1 Å². The number of rotatable bonds is 1. The molecule has 1 spiro atoms. The van der Waals surface area contributed by atoms with E-state index in [2.05, 4.69) is 5.10 Å². The summed E-state index contributed by atoms with van der Waals surface area (Å²) in [6.07, 6.45) is 0. The maximum atomic E-state index is 12.9. The van der Waals surface area contributed by atoms with Gasteiger partial charge in [-0.05, 0) is 26.0 Å². The first-order valence-electron chi connectivity index (χ1n) is 7.77. The van der Waals surface area contributed by atoms with Crippen LogP contribution in [0.2, 0.25) is 0 Å². The summed E-state index contributed by atoms with van der Waals surface area (Å²) in [7, 11) is 3.57. The number of halogens is 1. The molecule has 2 aliphatic heterocycles. The van der Waals surface area contributed by atoms with E-state index in [1.165, 1.54) is 0 Å². The molecule has 1 aromatic carbocycles. The van der Waals surface area contributed by atoms with Gasteiger partial charge in [0.1, 0.15) is 11.1 Å². The first-order valence-corrected chi connectivity index (χ1v) is 8.21. The van der Waals surface area contributed by atoms with Crippen LogP contribution in [0.3, 0.4) is 0 Å². The Balaban J connectivity index is 2.04. The van der Waals surface area contributed by atoms with Gasteiger partial charge in [-0.15, -0.1) is 11.6 Å². The molecule has 6 nitrogen and oxygen atoms in total. The van der Waals surface area contributed by atoms with E-state index in [-0.39, 0.29) is 5.91 Å². The Bertz CT molecular complexity index is 875. The number of benzene rings is 1. The minimum atomic E-state index is -0.891. The number of aromatic nitrogens is 2. The van der Waals surface area contributed by atoms with E-state index in [1.807, 2.05) is 49.2 Å². The minimum absolute atomic E-state index is 0.0930. The van der Waals surface area contributed by atoms with Crippen LogP contribution in [-0.2, 0) is 12.7 Å². The largest absolute Gasteiger partial charge is 0.310 e. The molecule has 1 aromatic heterocycles. The lowest BCUT2D eigenvalue weighted by Gasteiger charge is -2.42. The maximum Gasteiger partial charge on any atom is 0.274 e. The Morgan fingerprint density at radius 3 is 2.50 bits per heavy atom. The lowest BCUT2D eigenvalue weighted by atomic mass is 9.93. The summed E-state index contributed by atoms with van der Waals surface area (Å²) in [6, 6.07) is 9.78. The van der Waals surface area contributed by atoms with Gasteiger partial charge in [0.25, 0.3) is 5.91 Å². The van der Waals surface area contributed by atoms with Gasteiger partial charge in [0.15, 0.2) is 5.66 Å². The first kappa shape index (κ1) is 15.2. The number of hydrazone groups is 1. The molecule has 7 heteroatoms. The van der Waals surface area contributed by atoms with Crippen LogP contribution in [0.15, 0.2) is 35.4 Å². The molecule has 1 amide bonds. The summed E-state index contributed by atoms with van der Waals surface area (Å²) in [5.74, 6) is -0.0930. The number of alkyl halides is 1. The van der Waals surface area contributed by atoms with Crippen molar-refractivity contribution >= 4 is 28.9 Å². The van der Waals surface area contributed by atoms with E-state index in [4.69, 9.17) is 16.7 Å². The predicted molar refractivity (Wildman–Crippen MR) is 93.4 cm³/mol. The van der Waals surface area contributed by atoms with Crippen molar-refractivity contribution in [2.45, 2.75) is 24.9 Å². The molecular formula is C17H18ClN5O. The lowest BCUT2D eigenvalue weighted by Crippen LogP contribution is -2.56. The Hall–Kier alpha value is -2.34. The zero-order valence-corrected chi connectivity index (χ0v) is 14.7. The third-order valence-corrected chi connectivity index (χ3v) is 5.53. The van der Waals surface area contributed by atoms with Gasteiger partial charge in [-0.25, -0.2) is 5.01 Å². The van der Waals surface area contributed by atoms with Crippen LogP contribution in [0.1, 0.15) is 28.7 Å². The Morgan fingerprint density at radius 1 is 1.17 bits per heavy atom.